The Balaban J connectivity index is 1.79. The molecule has 1 atom stereocenters. The van der Waals surface area contributed by atoms with Crippen LogP contribution in [0.15, 0.2) is 18.2 Å². The van der Waals surface area contributed by atoms with Crippen LogP contribution in [0.5, 0.6) is 5.75 Å². The van der Waals surface area contributed by atoms with Crippen molar-refractivity contribution in [1.82, 2.24) is 4.90 Å². The van der Waals surface area contributed by atoms with E-state index in [9.17, 15) is 18.4 Å². The molecule has 1 saturated heterocycles. The van der Waals surface area contributed by atoms with Crippen molar-refractivity contribution in [2.45, 2.75) is 44.9 Å². The van der Waals surface area contributed by atoms with Crippen LogP contribution < -0.4 is 20.7 Å². The highest BCUT2D eigenvalue weighted by molar-refractivity contribution is 5.98. The number of hydrogen-bond donors (Lipinski definition) is 2. The smallest absolute Gasteiger partial charge is 0.387 e. The zero-order valence-electron chi connectivity index (χ0n) is 17.0. The topological polar surface area (TPSA) is 97.1 Å². The van der Waals surface area contributed by atoms with Crippen molar-refractivity contribution in [3.63, 3.8) is 0 Å². The van der Waals surface area contributed by atoms with E-state index in [0.29, 0.717) is 24.9 Å². The quantitative estimate of drug-likeness (QED) is 0.625. The van der Waals surface area contributed by atoms with Crippen molar-refractivity contribution in [3.8, 4) is 5.75 Å². The highest BCUT2D eigenvalue weighted by atomic mass is 19.3. The van der Waals surface area contributed by atoms with Gasteiger partial charge in [-0.25, -0.2) is 0 Å². The number of amides is 2. The molecule has 1 saturated carbocycles. The molecular formula is C20H28F2N4O4. The lowest BCUT2D eigenvalue weighted by molar-refractivity contribution is -0.126. The molecule has 2 amide bonds. The fraction of sp³-hybridized carbons (Fsp3) is 0.600. The average Bonchev–Trinajstić information content (AvgIpc) is 2.67. The third-order valence-electron chi connectivity index (χ3n) is 5.56. The second kappa shape index (κ2) is 10.1. The first kappa shape index (κ1) is 22.4. The van der Waals surface area contributed by atoms with E-state index in [-0.39, 0.29) is 42.9 Å². The first-order valence-corrected chi connectivity index (χ1v) is 10.2. The van der Waals surface area contributed by atoms with E-state index in [1.54, 1.807) is 6.07 Å². The van der Waals surface area contributed by atoms with Gasteiger partial charge in [0.05, 0.1) is 12.3 Å². The van der Waals surface area contributed by atoms with Gasteiger partial charge in [-0.2, -0.15) is 8.78 Å². The van der Waals surface area contributed by atoms with Gasteiger partial charge in [0.1, 0.15) is 12.6 Å². The lowest BCUT2D eigenvalue weighted by atomic mass is 9.90. The minimum absolute atomic E-state index is 0.126. The van der Waals surface area contributed by atoms with Gasteiger partial charge in [-0.15, -0.1) is 0 Å². The highest BCUT2D eigenvalue weighted by Crippen LogP contribution is 2.34. The number of likely N-dealkylation sites (N-methyl/N-ethyl adjacent to an activating group) is 1. The van der Waals surface area contributed by atoms with Crippen LogP contribution in [0.1, 0.15) is 26.2 Å². The molecule has 1 aromatic carbocycles. The van der Waals surface area contributed by atoms with Crippen molar-refractivity contribution in [2.24, 2.45) is 5.73 Å². The summed E-state index contributed by atoms with van der Waals surface area (Å²) in [6, 6.07) is 4.16. The van der Waals surface area contributed by atoms with Crippen molar-refractivity contribution in [3.05, 3.63) is 18.2 Å². The summed E-state index contributed by atoms with van der Waals surface area (Å²) in [7, 11) is 0. The molecule has 10 heteroatoms. The number of ether oxygens (including phenoxy) is 2. The molecule has 30 heavy (non-hydrogen) atoms. The van der Waals surface area contributed by atoms with Gasteiger partial charge >= 0.3 is 6.61 Å². The number of alkyl halides is 2. The highest BCUT2D eigenvalue weighted by Gasteiger charge is 2.33. The number of halogens is 2. The monoisotopic (exact) mass is 426 g/mol. The lowest BCUT2D eigenvalue weighted by Crippen LogP contribution is -2.54. The molecule has 0 spiro atoms. The number of nitrogens with zero attached hydrogens (tertiary/aromatic N) is 2. The summed E-state index contributed by atoms with van der Waals surface area (Å²) in [4.78, 5) is 28.4. The molecule has 1 heterocycles. The Kier molecular flexibility index (Phi) is 7.57. The minimum atomic E-state index is -3.07. The van der Waals surface area contributed by atoms with Gasteiger partial charge in [-0.1, -0.05) is 13.3 Å². The first-order chi connectivity index (χ1) is 14.4. The summed E-state index contributed by atoms with van der Waals surface area (Å²) in [5.74, 6) is -0.836. The minimum Gasteiger partial charge on any atom is -0.433 e. The van der Waals surface area contributed by atoms with Crippen molar-refractivity contribution in [1.29, 1.82) is 0 Å². The number of morpholine rings is 1. The van der Waals surface area contributed by atoms with Crippen LogP contribution in [0.2, 0.25) is 0 Å². The van der Waals surface area contributed by atoms with Gasteiger partial charge in [0, 0.05) is 30.9 Å². The summed E-state index contributed by atoms with van der Waals surface area (Å²) in [5, 5.41) is 2.75. The third kappa shape index (κ3) is 5.05. The number of rotatable bonds is 9. The van der Waals surface area contributed by atoms with Crippen LogP contribution >= 0.6 is 0 Å². The van der Waals surface area contributed by atoms with Crippen molar-refractivity contribution >= 4 is 23.2 Å². The zero-order valence-corrected chi connectivity index (χ0v) is 17.0. The summed E-state index contributed by atoms with van der Waals surface area (Å²) >= 11 is 0. The van der Waals surface area contributed by atoms with Gasteiger partial charge in [0.25, 0.3) is 5.91 Å². The number of hydrogen-bond acceptors (Lipinski definition) is 6. The number of carbonyl (C=O) groups is 2. The van der Waals surface area contributed by atoms with Crippen molar-refractivity contribution < 1.29 is 27.8 Å². The predicted molar refractivity (Wildman–Crippen MR) is 108 cm³/mol. The van der Waals surface area contributed by atoms with Crippen LogP contribution in [0, 0.1) is 0 Å². The molecule has 0 bridgehead atoms. The van der Waals surface area contributed by atoms with Crippen LogP contribution in [0.4, 0.5) is 20.2 Å². The van der Waals surface area contributed by atoms with E-state index in [1.165, 1.54) is 17.0 Å². The van der Waals surface area contributed by atoms with E-state index in [4.69, 9.17) is 10.5 Å². The Morgan fingerprint density at radius 1 is 1.43 bits per heavy atom. The summed E-state index contributed by atoms with van der Waals surface area (Å²) < 4.78 is 35.7. The Bertz CT molecular complexity index is 760. The molecule has 2 aliphatic rings. The standard InChI is InChI=1S/C20H28F2N4O4/c1-2-25(14-4-3-5-14)16(11-23)19(28)24-13-6-7-15(17(10-13)30-20(21)22)26-8-9-29-12-18(26)27/h6-7,10,14,16,20H,2-5,8-9,11-12,23H2,1H3,(H,24,28)/t16-/m1/s1. The van der Waals surface area contributed by atoms with E-state index >= 15 is 0 Å². The number of benzene rings is 1. The molecular weight excluding hydrogens is 398 g/mol. The molecule has 1 aliphatic heterocycles. The van der Waals surface area contributed by atoms with Crippen LogP contribution in [0.25, 0.3) is 0 Å². The maximum atomic E-state index is 13.0. The zero-order chi connectivity index (χ0) is 21.7. The summed E-state index contributed by atoms with van der Waals surface area (Å²) in [6.07, 6.45) is 3.20. The SMILES string of the molecule is CCN(C1CCC1)[C@H](CN)C(=O)Nc1ccc(N2CCOCC2=O)c(OC(F)F)c1. The molecule has 3 N–H and O–H groups in total. The van der Waals surface area contributed by atoms with E-state index in [0.717, 1.165) is 19.3 Å². The van der Waals surface area contributed by atoms with E-state index in [2.05, 4.69) is 15.0 Å². The number of carbonyl (C=O) groups excluding carboxylic acids is 2. The third-order valence-corrected chi connectivity index (χ3v) is 5.56. The maximum Gasteiger partial charge on any atom is 0.387 e. The molecule has 1 aliphatic carbocycles. The van der Waals surface area contributed by atoms with E-state index < -0.39 is 12.7 Å². The summed E-state index contributed by atoms with van der Waals surface area (Å²) in [6.45, 7) is 0.151. The fourth-order valence-electron chi connectivity index (χ4n) is 3.85. The van der Waals surface area contributed by atoms with Crippen molar-refractivity contribution in [2.75, 3.05) is 43.1 Å². The molecule has 0 aromatic heterocycles. The Hall–Kier alpha value is -2.30. The van der Waals surface area contributed by atoms with Gasteiger partial charge in [0.15, 0.2) is 5.75 Å². The second-order valence-corrected chi connectivity index (χ2v) is 7.31. The molecule has 166 valence electrons. The Morgan fingerprint density at radius 2 is 2.20 bits per heavy atom. The van der Waals surface area contributed by atoms with Crippen LogP contribution in [-0.2, 0) is 14.3 Å². The van der Waals surface area contributed by atoms with Gasteiger partial charge < -0.3 is 25.4 Å². The van der Waals surface area contributed by atoms with Gasteiger partial charge in [0.2, 0.25) is 5.91 Å². The number of anilines is 2. The number of nitrogens with one attached hydrogen (secondary N) is 1. The Labute approximate surface area is 174 Å². The van der Waals surface area contributed by atoms with Crippen LogP contribution in [0.3, 0.4) is 0 Å². The van der Waals surface area contributed by atoms with E-state index in [1.807, 2.05) is 6.92 Å². The molecule has 3 rings (SSSR count). The predicted octanol–water partition coefficient (Wildman–Crippen LogP) is 1.79. The molecule has 1 aromatic rings. The lowest BCUT2D eigenvalue weighted by Gasteiger charge is -2.40. The normalized spacial score (nSPS) is 18.5. The summed E-state index contributed by atoms with van der Waals surface area (Å²) in [5.41, 5.74) is 6.38. The van der Waals surface area contributed by atoms with Crippen LogP contribution in [-0.4, -0.2) is 68.3 Å². The number of nitrogens with two attached hydrogens (primary N) is 1. The largest absolute Gasteiger partial charge is 0.433 e. The maximum absolute atomic E-state index is 13.0. The second-order valence-electron chi connectivity index (χ2n) is 7.31. The molecule has 0 unspecified atom stereocenters. The van der Waals surface area contributed by atoms with Gasteiger partial charge in [-0.05, 0) is 31.5 Å². The average molecular weight is 426 g/mol. The fourth-order valence-corrected chi connectivity index (χ4v) is 3.85. The molecule has 2 fully saturated rings. The first-order valence-electron chi connectivity index (χ1n) is 10.2. The Morgan fingerprint density at radius 3 is 2.77 bits per heavy atom. The molecule has 8 nitrogen and oxygen atoms in total. The van der Waals surface area contributed by atoms with Gasteiger partial charge in [-0.3, -0.25) is 14.5 Å². The molecule has 0 radical (unpaired) electrons.